The van der Waals surface area contributed by atoms with Gasteiger partial charge in [0.1, 0.15) is 10.6 Å². The molecule has 1 aromatic rings. The second kappa shape index (κ2) is 3.51. The quantitative estimate of drug-likeness (QED) is 0.778. The van der Waals surface area contributed by atoms with Gasteiger partial charge in [-0.2, -0.15) is 0 Å². The lowest BCUT2D eigenvalue weighted by Gasteiger charge is -2.19. The van der Waals surface area contributed by atoms with Crippen molar-refractivity contribution in [3.05, 3.63) is 16.1 Å². The molecule has 0 aromatic carbocycles. The van der Waals surface area contributed by atoms with Crippen molar-refractivity contribution >= 4 is 11.3 Å². The summed E-state index contributed by atoms with van der Waals surface area (Å²) in [5.41, 5.74) is 6.09. The highest BCUT2D eigenvalue weighted by atomic mass is 32.1. The first-order valence-corrected chi connectivity index (χ1v) is 4.68. The molecular formula is C8H14N2OS. The van der Waals surface area contributed by atoms with Crippen LogP contribution in [0.25, 0.3) is 0 Å². The molecule has 0 spiro atoms. The van der Waals surface area contributed by atoms with Crippen LogP contribution in [0.15, 0.2) is 5.38 Å². The van der Waals surface area contributed by atoms with Gasteiger partial charge in [-0.25, -0.2) is 4.98 Å². The summed E-state index contributed by atoms with van der Waals surface area (Å²) in [6, 6.07) is 0. The molecule has 0 saturated heterocycles. The Labute approximate surface area is 76.6 Å². The maximum atomic E-state index is 5.45. The molecule has 2 N–H and O–H groups in total. The van der Waals surface area contributed by atoms with Crippen LogP contribution < -0.4 is 5.73 Å². The molecule has 68 valence electrons. The van der Waals surface area contributed by atoms with Gasteiger partial charge in [-0.05, 0) is 13.8 Å². The minimum atomic E-state index is -0.294. The van der Waals surface area contributed by atoms with Crippen molar-refractivity contribution in [2.45, 2.75) is 26.0 Å². The van der Waals surface area contributed by atoms with Crippen LogP contribution in [0.1, 0.15) is 24.5 Å². The molecule has 1 heterocycles. The number of nitrogens with zero attached hydrogens (tertiary/aromatic N) is 1. The molecule has 12 heavy (non-hydrogen) atoms. The van der Waals surface area contributed by atoms with Crippen LogP contribution in [0.2, 0.25) is 0 Å². The van der Waals surface area contributed by atoms with Crippen LogP contribution in [-0.2, 0) is 16.9 Å². The average Bonchev–Trinajstić information content (AvgIpc) is 2.52. The van der Waals surface area contributed by atoms with E-state index in [0.29, 0.717) is 6.54 Å². The number of hydrogen-bond acceptors (Lipinski definition) is 4. The zero-order valence-electron chi connectivity index (χ0n) is 7.63. The summed E-state index contributed by atoms with van der Waals surface area (Å²) in [6.45, 7) is 4.48. The maximum Gasteiger partial charge on any atom is 0.124 e. The Hall–Kier alpha value is -0.450. The van der Waals surface area contributed by atoms with Crippen molar-refractivity contribution in [1.29, 1.82) is 0 Å². The fourth-order valence-corrected chi connectivity index (χ4v) is 1.70. The fraction of sp³-hybridized carbons (Fsp3) is 0.625. The van der Waals surface area contributed by atoms with Crippen LogP contribution >= 0.6 is 11.3 Å². The molecule has 0 aliphatic heterocycles. The van der Waals surface area contributed by atoms with Crippen LogP contribution in [0, 0.1) is 0 Å². The summed E-state index contributed by atoms with van der Waals surface area (Å²) < 4.78 is 5.29. The van der Waals surface area contributed by atoms with Gasteiger partial charge >= 0.3 is 0 Å². The number of methoxy groups -OCH3 is 1. The molecular weight excluding hydrogens is 172 g/mol. The molecule has 0 bridgehead atoms. The molecule has 1 aromatic heterocycles. The summed E-state index contributed by atoms with van der Waals surface area (Å²) in [6.07, 6.45) is 0. The van der Waals surface area contributed by atoms with Gasteiger partial charge in [0.25, 0.3) is 0 Å². The number of nitrogens with two attached hydrogens (primary N) is 1. The molecule has 1 rings (SSSR count). The van der Waals surface area contributed by atoms with Crippen molar-refractivity contribution in [2.24, 2.45) is 5.73 Å². The van der Waals surface area contributed by atoms with E-state index in [9.17, 15) is 0 Å². The average molecular weight is 186 g/mol. The SMILES string of the molecule is COC(C)(C)c1nc(CN)cs1. The van der Waals surface area contributed by atoms with E-state index in [1.54, 1.807) is 18.4 Å². The lowest BCUT2D eigenvalue weighted by atomic mass is 10.1. The number of hydrogen-bond donors (Lipinski definition) is 1. The summed E-state index contributed by atoms with van der Waals surface area (Å²) in [5, 5.41) is 2.95. The zero-order chi connectivity index (χ0) is 9.19. The van der Waals surface area contributed by atoms with Gasteiger partial charge in [0.2, 0.25) is 0 Å². The molecule has 4 heteroatoms. The Morgan fingerprint density at radius 1 is 1.67 bits per heavy atom. The summed E-state index contributed by atoms with van der Waals surface area (Å²) in [5.74, 6) is 0. The van der Waals surface area contributed by atoms with Gasteiger partial charge in [0, 0.05) is 19.0 Å². The predicted octanol–water partition coefficient (Wildman–Crippen LogP) is 1.48. The zero-order valence-corrected chi connectivity index (χ0v) is 8.44. The van der Waals surface area contributed by atoms with Crippen molar-refractivity contribution in [3.8, 4) is 0 Å². The normalized spacial score (nSPS) is 12.0. The van der Waals surface area contributed by atoms with E-state index in [0.717, 1.165) is 10.7 Å². The van der Waals surface area contributed by atoms with Gasteiger partial charge < -0.3 is 10.5 Å². The van der Waals surface area contributed by atoms with Crippen molar-refractivity contribution in [2.75, 3.05) is 7.11 Å². The number of thiazole rings is 1. The Morgan fingerprint density at radius 3 is 2.75 bits per heavy atom. The molecule has 0 unspecified atom stereocenters. The Morgan fingerprint density at radius 2 is 2.33 bits per heavy atom. The van der Waals surface area contributed by atoms with Crippen LogP contribution in [0.3, 0.4) is 0 Å². The van der Waals surface area contributed by atoms with Gasteiger partial charge in [-0.1, -0.05) is 0 Å². The van der Waals surface area contributed by atoms with Crippen molar-refractivity contribution in [3.63, 3.8) is 0 Å². The first-order valence-electron chi connectivity index (χ1n) is 3.80. The summed E-state index contributed by atoms with van der Waals surface area (Å²) in [4.78, 5) is 4.34. The van der Waals surface area contributed by atoms with E-state index in [-0.39, 0.29) is 5.60 Å². The third kappa shape index (κ3) is 1.83. The Kier molecular flexibility index (Phi) is 2.82. The second-order valence-electron chi connectivity index (χ2n) is 3.06. The van der Waals surface area contributed by atoms with E-state index in [1.165, 1.54) is 0 Å². The van der Waals surface area contributed by atoms with Gasteiger partial charge in [-0.15, -0.1) is 11.3 Å². The fourth-order valence-electron chi connectivity index (χ4n) is 0.765. The summed E-state index contributed by atoms with van der Waals surface area (Å²) >= 11 is 1.59. The molecule has 3 nitrogen and oxygen atoms in total. The number of aromatic nitrogens is 1. The highest BCUT2D eigenvalue weighted by molar-refractivity contribution is 7.09. The topological polar surface area (TPSA) is 48.1 Å². The molecule has 0 radical (unpaired) electrons. The largest absolute Gasteiger partial charge is 0.372 e. The first kappa shape index (κ1) is 9.64. The standard InChI is InChI=1S/C8H14N2OS/c1-8(2,11-3)7-10-6(4-9)5-12-7/h5H,4,9H2,1-3H3. The third-order valence-electron chi connectivity index (χ3n) is 1.79. The monoisotopic (exact) mass is 186 g/mol. The van der Waals surface area contributed by atoms with E-state index in [2.05, 4.69) is 4.98 Å². The molecule has 0 aliphatic rings. The van der Waals surface area contributed by atoms with E-state index < -0.39 is 0 Å². The molecule has 0 saturated carbocycles. The second-order valence-corrected chi connectivity index (χ2v) is 3.92. The van der Waals surface area contributed by atoms with E-state index in [4.69, 9.17) is 10.5 Å². The Balaban J connectivity index is 2.88. The van der Waals surface area contributed by atoms with Crippen LogP contribution in [-0.4, -0.2) is 12.1 Å². The minimum absolute atomic E-state index is 0.294. The van der Waals surface area contributed by atoms with Crippen molar-refractivity contribution < 1.29 is 4.74 Å². The Bertz CT molecular complexity index is 257. The first-order chi connectivity index (χ1) is 5.60. The highest BCUT2D eigenvalue weighted by Crippen LogP contribution is 2.26. The predicted molar refractivity (Wildman–Crippen MR) is 50.0 cm³/mol. The highest BCUT2D eigenvalue weighted by Gasteiger charge is 2.22. The maximum absolute atomic E-state index is 5.45. The number of ether oxygens (including phenoxy) is 1. The molecule has 0 fully saturated rings. The van der Waals surface area contributed by atoms with Gasteiger partial charge in [0.05, 0.1) is 5.69 Å². The number of rotatable bonds is 3. The van der Waals surface area contributed by atoms with E-state index in [1.807, 2.05) is 19.2 Å². The molecule has 0 aliphatic carbocycles. The van der Waals surface area contributed by atoms with Crippen LogP contribution in [0.4, 0.5) is 0 Å². The van der Waals surface area contributed by atoms with Crippen LogP contribution in [0.5, 0.6) is 0 Å². The van der Waals surface area contributed by atoms with E-state index >= 15 is 0 Å². The molecule has 0 atom stereocenters. The van der Waals surface area contributed by atoms with Crippen molar-refractivity contribution in [1.82, 2.24) is 4.98 Å². The lowest BCUT2D eigenvalue weighted by Crippen LogP contribution is -2.19. The lowest BCUT2D eigenvalue weighted by molar-refractivity contribution is 0.0189. The van der Waals surface area contributed by atoms with Gasteiger partial charge in [0.15, 0.2) is 0 Å². The third-order valence-corrected chi connectivity index (χ3v) is 2.98. The van der Waals surface area contributed by atoms with Gasteiger partial charge in [-0.3, -0.25) is 0 Å². The minimum Gasteiger partial charge on any atom is -0.372 e. The smallest absolute Gasteiger partial charge is 0.124 e. The molecule has 0 amide bonds. The summed E-state index contributed by atoms with van der Waals surface area (Å²) in [7, 11) is 1.68.